The van der Waals surface area contributed by atoms with Gasteiger partial charge in [0, 0.05) is 10.1 Å². The molecule has 2 nitrogen and oxygen atoms in total. The van der Waals surface area contributed by atoms with Crippen LogP contribution in [0.3, 0.4) is 0 Å². The fraction of sp³-hybridized carbons (Fsp3) is 0.333. The first-order valence-electron chi connectivity index (χ1n) is 4.03. The summed E-state index contributed by atoms with van der Waals surface area (Å²) in [5.41, 5.74) is 4.54. The van der Waals surface area contributed by atoms with Gasteiger partial charge in [0.2, 0.25) is 0 Å². The van der Waals surface area contributed by atoms with Gasteiger partial charge in [-0.15, -0.1) is 0 Å². The van der Waals surface area contributed by atoms with Crippen LogP contribution >= 0.6 is 22.6 Å². The van der Waals surface area contributed by atoms with Gasteiger partial charge in [-0.2, -0.15) is 13.2 Å². The predicted molar refractivity (Wildman–Crippen MR) is 58.6 cm³/mol. The molecule has 84 valence electrons. The first kappa shape index (κ1) is 12.6. The van der Waals surface area contributed by atoms with Crippen LogP contribution in [0.25, 0.3) is 0 Å². The number of rotatable bonds is 2. The topological polar surface area (TPSA) is 35.2 Å². The van der Waals surface area contributed by atoms with Crippen molar-refractivity contribution in [3.8, 4) is 5.75 Å². The average Bonchev–Trinajstić information content (AvgIpc) is 2.14. The van der Waals surface area contributed by atoms with Crippen molar-refractivity contribution in [2.75, 3.05) is 7.11 Å². The molecular formula is C9H9F3INO. The van der Waals surface area contributed by atoms with Crippen LogP contribution in [-0.2, 0) is 12.7 Å². The van der Waals surface area contributed by atoms with E-state index in [2.05, 4.69) is 0 Å². The van der Waals surface area contributed by atoms with E-state index in [1.807, 2.05) is 22.6 Å². The summed E-state index contributed by atoms with van der Waals surface area (Å²) < 4.78 is 43.4. The molecule has 1 aromatic carbocycles. The van der Waals surface area contributed by atoms with Crippen LogP contribution in [0.1, 0.15) is 11.1 Å². The SMILES string of the molecule is COc1cc(I)cc(CN)c1C(F)(F)F. The standard InChI is InChI=1S/C9H9F3INO/c1-15-7-3-6(13)2-5(4-14)8(7)9(10,11)12/h2-3H,4,14H2,1H3. The van der Waals surface area contributed by atoms with Crippen LogP contribution in [0.5, 0.6) is 5.75 Å². The van der Waals surface area contributed by atoms with Crippen LogP contribution in [0.4, 0.5) is 13.2 Å². The van der Waals surface area contributed by atoms with Crippen molar-refractivity contribution in [1.82, 2.24) is 0 Å². The molecule has 1 rings (SSSR count). The van der Waals surface area contributed by atoms with E-state index < -0.39 is 11.7 Å². The number of hydrogen-bond acceptors (Lipinski definition) is 2. The molecule has 0 aliphatic heterocycles. The minimum atomic E-state index is -4.44. The zero-order chi connectivity index (χ0) is 11.6. The average molecular weight is 331 g/mol. The highest BCUT2D eigenvalue weighted by atomic mass is 127. The first-order chi connectivity index (χ1) is 6.90. The molecule has 0 aliphatic rings. The molecule has 0 unspecified atom stereocenters. The number of nitrogens with two attached hydrogens (primary N) is 1. The highest BCUT2D eigenvalue weighted by Gasteiger charge is 2.36. The quantitative estimate of drug-likeness (QED) is 0.846. The second-order valence-corrected chi connectivity index (χ2v) is 4.09. The lowest BCUT2D eigenvalue weighted by molar-refractivity contribution is -0.139. The van der Waals surface area contributed by atoms with E-state index >= 15 is 0 Å². The molecule has 0 heterocycles. The molecule has 0 saturated heterocycles. The van der Waals surface area contributed by atoms with Gasteiger partial charge >= 0.3 is 6.18 Å². The van der Waals surface area contributed by atoms with E-state index in [-0.39, 0.29) is 17.9 Å². The van der Waals surface area contributed by atoms with Gasteiger partial charge < -0.3 is 10.5 Å². The van der Waals surface area contributed by atoms with Crippen LogP contribution in [-0.4, -0.2) is 7.11 Å². The van der Waals surface area contributed by atoms with Gasteiger partial charge in [-0.05, 0) is 40.3 Å². The lowest BCUT2D eigenvalue weighted by atomic mass is 10.1. The normalized spacial score (nSPS) is 11.6. The third-order valence-electron chi connectivity index (χ3n) is 1.87. The largest absolute Gasteiger partial charge is 0.496 e. The number of alkyl halides is 3. The maximum absolute atomic E-state index is 12.7. The van der Waals surface area contributed by atoms with Gasteiger partial charge in [0.15, 0.2) is 0 Å². The van der Waals surface area contributed by atoms with E-state index in [1.54, 1.807) is 0 Å². The summed E-state index contributed by atoms with van der Waals surface area (Å²) in [5.74, 6) is -0.185. The van der Waals surface area contributed by atoms with Crippen molar-refractivity contribution >= 4 is 22.6 Å². The molecule has 0 spiro atoms. The van der Waals surface area contributed by atoms with E-state index in [9.17, 15) is 13.2 Å². The fourth-order valence-electron chi connectivity index (χ4n) is 1.28. The first-order valence-corrected chi connectivity index (χ1v) is 5.11. The smallest absolute Gasteiger partial charge is 0.420 e. The number of hydrogen-bond donors (Lipinski definition) is 1. The Morgan fingerprint density at radius 1 is 1.40 bits per heavy atom. The molecule has 0 aromatic heterocycles. The van der Waals surface area contributed by atoms with E-state index in [0.29, 0.717) is 3.57 Å². The summed E-state index contributed by atoms with van der Waals surface area (Å²) in [4.78, 5) is 0. The summed E-state index contributed by atoms with van der Waals surface area (Å²) in [6.07, 6.45) is -4.44. The second-order valence-electron chi connectivity index (χ2n) is 2.84. The lowest BCUT2D eigenvalue weighted by Gasteiger charge is -2.16. The van der Waals surface area contributed by atoms with E-state index in [1.165, 1.54) is 19.2 Å². The molecule has 0 aliphatic carbocycles. The lowest BCUT2D eigenvalue weighted by Crippen LogP contribution is -2.14. The maximum Gasteiger partial charge on any atom is 0.420 e. The molecule has 0 amide bonds. The summed E-state index contributed by atoms with van der Waals surface area (Å²) in [6, 6.07) is 2.74. The van der Waals surface area contributed by atoms with E-state index in [0.717, 1.165) is 0 Å². The zero-order valence-electron chi connectivity index (χ0n) is 7.86. The molecule has 0 bridgehead atoms. The van der Waals surface area contributed by atoms with Gasteiger partial charge in [0.25, 0.3) is 0 Å². The minimum absolute atomic E-state index is 0.0475. The van der Waals surface area contributed by atoms with Gasteiger partial charge in [-0.3, -0.25) is 0 Å². The summed E-state index contributed by atoms with van der Waals surface area (Å²) >= 11 is 1.92. The fourth-order valence-corrected chi connectivity index (χ4v) is 1.94. The molecule has 0 fully saturated rings. The molecule has 1 aromatic rings. The van der Waals surface area contributed by atoms with E-state index in [4.69, 9.17) is 10.5 Å². The predicted octanol–water partition coefficient (Wildman–Crippen LogP) is 2.78. The van der Waals surface area contributed by atoms with Crippen LogP contribution in [0.15, 0.2) is 12.1 Å². The Hall–Kier alpha value is -0.500. The molecule has 2 N–H and O–H groups in total. The van der Waals surface area contributed by atoms with Gasteiger partial charge in [-0.25, -0.2) is 0 Å². The van der Waals surface area contributed by atoms with Crippen LogP contribution < -0.4 is 10.5 Å². The highest BCUT2D eigenvalue weighted by molar-refractivity contribution is 14.1. The van der Waals surface area contributed by atoms with Crippen molar-refractivity contribution in [3.05, 3.63) is 26.8 Å². The number of halogens is 4. The number of methoxy groups -OCH3 is 1. The third-order valence-corrected chi connectivity index (χ3v) is 2.49. The summed E-state index contributed by atoms with van der Waals surface area (Å²) in [6.45, 7) is -0.165. The van der Waals surface area contributed by atoms with Gasteiger partial charge in [-0.1, -0.05) is 0 Å². The Morgan fingerprint density at radius 2 is 2.00 bits per heavy atom. The maximum atomic E-state index is 12.7. The molecule has 15 heavy (non-hydrogen) atoms. The number of ether oxygens (including phenoxy) is 1. The molecule has 0 atom stereocenters. The molecular weight excluding hydrogens is 322 g/mol. The second kappa shape index (κ2) is 4.56. The Bertz CT molecular complexity index is 340. The van der Waals surface area contributed by atoms with Crippen molar-refractivity contribution in [2.24, 2.45) is 5.73 Å². The van der Waals surface area contributed by atoms with Crippen LogP contribution in [0.2, 0.25) is 0 Å². The molecule has 0 saturated carbocycles. The van der Waals surface area contributed by atoms with Gasteiger partial charge in [0.1, 0.15) is 11.3 Å². The molecule has 0 radical (unpaired) electrons. The number of benzene rings is 1. The van der Waals surface area contributed by atoms with Gasteiger partial charge in [0.05, 0.1) is 7.11 Å². The van der Waals surface area contributed by atoms with Crippen molar-refractivity contribution < 1.29 is 17.9 Å². The Balaban J connectivity index is 3.44. The van der Waals surface area contributed by atoms with Crippen molar-refractivity contribution in [2.45, 2.75) is 12.7 Å². The molecule has 6 heteroatoms. The third kappa shape index (κ3) is 2.75. The summed E-state index contributed by atoms with van der Waals surface area (Å²) in [7, 11) is 1.21. The Morgan fingerprint density at radius 3 is 2.40 bits per heavy atom. The monoisotopic (exact) mass is 331 g/mol. The highest BCUT2D eigenvalue weighted by Crippen LogP contribution is 2.39. The zero-order valence-corrected chi connectivity index (χ0v) is 10.0. The van der Waals surface area contributed by atoms with Crippen LogP contribution in [0, 0.1) is 3.57 Å². The minimum Gasteiger partial charge on any atom is -0.496 e. The Kier molecular flexibility index (Phi) is 3.82. The van der Waals surface area contributed by atoms with Crippen molar-refractivity contribution in [3.63, 3.8) is 0 Å². The Labute approximate surface area is 98.7 Å². The summed E-state index contributed by atoms with van der Waals surface area (Å²) in [5, 5.41) is 0. The van der Waals surface area contributed by atoms with Crippen molar-refractivity contribution in [1.29, 1.82) is 0 Å².